The highest BCUT2D eigenvalue weighted by atomic mass is 16.6. The lowest BCUT2D eigenvalue weighted by atomic mass is 10.0. The summed E-state index contributed by atoms with van der Waals surface area (Å²) in [5.41, 5.74) is 7.78. The lowest BCUT2D eigenvalue weighted by Crippen LogP contribution is -2.49. The molecule has 1 saturated heterocycles. The largest absolute Gasteiger partial charge is 0.444 e. The summed E-state index contributed by atoms with van der Waals surface area (Å²) >= 11 is 0. The zero-order valence-corrected chi connectivity index (χ0v) is 18.8. The third kappa shape index (κ3) is 6.35. The van der Waals surface area contributed by atoms with Gasteiger partial charge in [0.25, 0.3) is 0 Å². The Labute approximate surface area is 184 Å². The zero-order chi connectivity index (χ0) is 22.4. The van der Waals surface area contributed by atoms with Crippen molar-refractivity contribution in [1.82, 2.24) is 19.8 Å². The SMILES string of the molecule is CCC1C=CC=C(C#Cc2ccnc(N)n2)C(N2CCN(C(=O)OC(C)(C)C)CC2)=C1. The Hall–Kier alpha value is -3.27. The van der Waals surface area contributed by atoms with Gasteiger partial charge in [-0.2, -0.15) is 0 Å². The van der Waals surface area contributed by atoms with E-state index in [1.54, 1.807) is 17.2 Å². The van der Waals surface area contributed by atoms with Crippen LogP contribution in [0.3, 0.4) is 0 Å². The monoisotopic (exact) mass is 421 g/mol. The standard InChI is InChI=1S/C24H31N5O2/c1-5-18-7-6-8-19(9-10-20-11-12-26-22(25)27-20)21(17-18)28-13-15-29(16-14-28)23(30)31-24(2,3)4/h6-8,11-12,17-18H,5,13-16H2,1-4H3,(H2,25,26,27). The number of hydrogen-bond donors (Lipinski definition) is 1. The van der Waals surface area contributed by atoms with E-state index in [-0.39, 0.29) is 12.0 Å². The number of carbonyl (C=O) groups excluding carboxylic acids is 1. The number of nitrogens with zero attached hydrogens (tertiary/aromatic N) is 4. The van der Waals surface area contributed by atoms with E-state index < -0.39 is 5.60 Å². The fraction of sp³-hybridized carbons (Fsp3) is 0.458. The van der Waals surface area contributed by atoms with Crippen molar-refractivity contribution in [2.75, 3.05) is 31.9 Å². The van der Waals surface area contributed by atoms with Gasteiger partial charge in [-0.3, -0.25) is 0 Å². The van der Waals surface area contributed by atoms with Gasteiger partial charge in [0.15, 0.2) is 0 Å². The van der Waals surface area contributed by atoms with E-state index in [0.29, 0.717) is 24.7 Å². The molecule has 0 bridgehead atoms. The molecule has 0 saturated carbocycles. The van der Waals surface area contributed by atoms with Crippen molar-refractivity contribution in [1.29, 1.82) is 0 Å². The lowest BCUT2D eigenvalue weighted by molar-refractivity contribution is 0.0170. The van der Waals surface area contributed by atoms with Crippen molar-refractivity contribution < 1.29 is 9.53 Å². The predicted octanol–water partition coefficient (Wildman–Crippen LogP) is 3.37. The highest BCUT2D eigenvalue weighted by Gasteiger charge is 2.27. The molecule has 0 spiro atoms. The summed E-state index contributed by atoms with van der Waals surface area (Å²) in [5, 5.41) is 0. The first-order chi connectivity index (χ1) is 14.7. The normalized spacial score (nSPS) is 19.0. The van der Waals surface area contributed by atoms with Crippen LogP contribution in [0.15, 0.2) is 47.8 Å². The van der Waals surface area contributed by atoms with Crippen LogP contribution in [0.5, 0.6) is 0 Å². The minimum atomic E-state index is -0.492. The number of piperazine rings is 1. The number of aromatic nitrogens is 2. The maximum atomic E-state index is 12.4. The molecule has 1 aromatic heterocycles. The highest BCUT2D eigenvalue weighted by Crippen LogP contribution is 2.25. The van der Waals surface area contributed by atoms with Gasteiger partial charge in [-0.15, -0.1) is 0 Å². The summed E-state index contributed by atoms with van der Waals surface area (Å²) < 4.78 is 5.52. The molecular weight excluding hydrogens is 390 g/mol. The maximum Gasteiger partial charge on any atom is 0.410 e. The molecule has 2 heterocycles. The second kappa shape index (κ2) is 9.69. The fourth-order valence-electron chi connectivity index (χ4n) is 3.39. The van der Waals surface area contributed by atoms with Crippen molar-refractivity contribution in [2.24, 2.45) is 5.92 Å². The van der Waals surface area contributed by atoms with Crippen molar-refractivity contribution in [3.05, 3.63) is 53.5 Å². The van der Waals surface area contributed by atoms with Gasteiger partial charge in [0.1, 0.15) is 11.3 Å². The van der Waals surface area contributed by atoms with Crippen molar-refractivity contribution in [3.8, 4) is 11.8 Å². The van der Waals surface area contributed by atoms with Crippen LogP contribution in [0.25, 0.3) is 0 Å². The summed E-state index contributed by atoms with van der Waals surface area (Å²) in [7, 11) is 0. The molecular formula is C24H31N5O2. The number of carbonyl (C=O) groups is 1. The molecule has 1 atom stereocenters. The molecule has 2 N–H and O–H groups in total. The Morgan fingerprint density at radius 2 is 2.00 bits per heavy atom. The van der Waals surface area contributed by atoms with Gasteiger partial charge in [0.2, 0.25) is 5.95 Å². The van der Waals surface area contributed by atoms with Crippen molar-refractivity contribution >= 4 is 12.0 Å². The Morgan fingerprint density at radius 3 is 2.65 bits per heavy atom. The van der Waals surface area contributed by atoms with Crippen LogP contribution in [0.1, 0.15) is 39.8 Å². The van der Waals surface area contributed by atoms with E-state index in [1.807, 2.05) is 26.8 Å². The summed E-state index contributed by atoms with van der Waals surface area (Å²) in [6.45, 7) is 10.5. The van der Waals surface area contributed by atoms with Crippen LogP contribution >= 0.6 is 0 Å². The van der Waals surface area contributed by atoms with Gasteiger partial charge >= 0.3 is 6.09 Å². The summed E-state index contributed by atoms with van der Waals surface area (Å²) in [4.78, 5) is 24.6. The molecule has 7 nitrogen and oxygen atoms in total. The number of rotatable bonds is 2. The molecule has 1 aliphatic carbocycles. The third-order valence-electron chi connectivity index (χ3n) is 5.01. The number of nitrogen functional groups attached to an aromatic ring is 1. The van der Waals surface area contributed by atoms with E-state index in [2.05, 4.69) is 51.9 Å². The first-order valence-corrected chi connectivity index (χ1v) is 10.7. The van der Waals surface area contributed by atoms with Crippen LogP contribution in [-0.4, -0.2) is 57.6 Å². The molecule has 164 valence electrons. The Balaban J connectivity index is 1.77. The second-order valence-corrected chi connectivity index (χ2v) is 8.59. The van der Waals surface area contributed by atoms with Gasteiger partial charge in [0.05, 0.1) is 0 Å². The average Bonchev–Trinajstić information content (AvgIpc) is 2.93. The average molecular weight is 422 g/mol. The minimum absolute atomic E-state index is 0.210. The number of anilines is 1. The molecule has 1 aliphatic heterocycles. The van der Waals surface area contributed by atoms with Crippen LogP contribution < -0.4 is 5.73 Å². The number of allylic oxidation sites excluding steroid dienone is 5. The summed E-state index contributed by atoms with van der Waals surface area (Å²) in [5.74, 6) is 6.91. The number of nitrogens with two attached hydrogens (primary N) is 1. The Morgan fingerprint density at radius 1 is 1.26 bits per heavy atom. The topological polar surface area (TPSA) is 84.6 Å². The molecule has 2 aliphatic rings. The highest BCUT2D eigenvalue weighted by molar-refractivity contribution is 5.68. The smallest absolute Gasteiger partial charge is 0.410 e. The quantitative estimate of drug-likeness (QED) is 0.737. The van der Waals surface area contributed by atoms with E-state index in [9.17, 15) is 4.79 Å². The fourth-order valence-corrected chi connectivity index (χ4v) is 3.39. The van der Waals surface area contributed by atoms with Crippen LogP contribution in [0.2, 0.25) is 0 Å². The molecule has 1 fully saturated rings. The van der Waals surface area contributed by atoms with Gasteiger partial charge in [-0.05, 0) is 51.2 Å². The van der Waals surface area contributed by atoms with E-state index in [4.69, 9.17) is 10.5 Å². The molecule has 1 unspecified atom stereocenters. The minimum Gasteiger partial charge on any atom is -0.444 e. The van der Waals surface area contributed by atoms with E-state index in [0.717, 1.165) is 30.8 Å². The predicted molar refractivity (Wildman–Crippen MR) is 122 cm³/mol. The van der Waals surface area contributed by atoms with Crippen LogP contribution in [0.4, 0.5) is 10.7 Å². The van der Waals surface area contributed by atoms with Crippen molar-refractivity contribution in [3.63, 3.8) is 0 Å². The molecule has 0 radical (unpaired) electrons. The lowest BCUT2D eigenvalue weighted by Gasteiger charge is -2.38. The van der Waals surface area contributed by atoms with Gasteiger partial charge in [-0.25, -0.2) is 14.8 Å². The zero-order valence-electron chi connectivity index (χ0n) is 18.8. The first-order valence-electron chi connectivity index (χ1n) is 10.7. The molecule has 0 aromatic carbocycles. The second-order valence-electron chi connectivity index (χ2n) is 8.59. The van der Waals surface area contributed by atoms with Gasteiger partial charge in [-0.1, -0.05) is 31.1 Å². The number of hydrogen-bond acceptors (Lipinski definition) is 6. The molecule has 3 rings (SSSR count). The summed E-state index contributed by atoms with van der Waals surface area (Å²) in [6, 6.07) is 1.74. The Bertz CT molecular complexity index is 954. The van der Waals surface area contributed by atoms with Crippen LogP contribution in [0, 0.1) is 17.8 Å². The number of amides is 1. The maximum absolute atomic E-state index is 12.4. The Kier molecular flexibility index (Phi) is 7.01. The van der Waals surface area contributed by atoms with Gasteiger partial charge < -0.3 is 20.3 Å². The number of ether oxygens (including phenoxy) is 1. The van der Waals surface area contributed by atoms with Gasteiger partial charge in [0, 0.05) is 43.6 Å². The van der Waals surface area contributed by atoms with E-state index >= 15 is 0 Å². The molecule has 31 heavy (non-hydrogen) atoms. The summed E-state index contributed by atoms with van der Waals surface area (Å²) in [6.07, 6.45) is 10.9. The molecule has 1 aromatic rings. The van der Waals surface area contributed by atoms with Crippen molar-refractivity contribution in [2.45, 2.75) is 39.7 Å². The van der Waals surface area contributed by atoms with Crippen LogP contribution in [-0.2, 0) is 4.74 Å². The molecule has 7 heteroatoms. The third-order valence-corrected chi connectivity index (χ3v) is 5.01. The van der Waals surface area contributed by atoms with E-state index in [1.165, 1.54) is 0 Å². The molecule has 1 amide bonds. The first kappa shape index (κ1) is 22.4.